The number of halogens is 2. The van der Waals surface area contributed by atoms with Gasteiger partial charge in [-0.2, -0.15) is 8.78 Å². The molecule has 0 aliphatic carbocycles. The second kappa shape index (κ2) is 9.09. The minimum Gasteiger partial charge on any atom is -0.461 e. The normalized spacial score (nSPS) is 12.2. The standard InChI is InChI=1S/C23H17F2NO3S/c24-23(25)29-17-10-8-15(9-11-17)21(14-18(27)19-6-3-13-28-19)30-20-7-1-4-16-5-2-12-26-22(16)20/h1-13,21,23H,14H2/t21-/m0/s1. The number of benzene rings is 2. The Balaban J connectivity index is 1.65. The zero-order chi connectivity index (χ0) is 20.9. The van der Waals surface area contributed by atoms with Crippen LogP contribution in [0.5, 0.6) is 5.75 Å². The third kappa shape index (κ3) is 4.68. The average Bonchev–Trinajstić information content (AvgIpc) is 3.29. The van der Waals surface area contributed by atoms with Crippen LogP contribution < -0.4 is 4.74 Å². The van der Waals surface area contributed by atoms with Gasteiger partial charge in [0, 0.05) is 28.1 Å². The highest BCUT2D eigenvalue weighted by atomic mass is 32.2. The van der Waals surface area contributed by atoms with Crippen molar-refractivity contribution in [1.29, 1.82) is 0 Å². The van der Waals surface area contributed by atoms with Gasteiger partial charge in [-0.05, 0) is 42.0 Å². The van der Waals surface area contributed by atoms with E-state index in [0.717, 1.165) is 21.4 Å². The fraction of sp³-hybridized carbons (Fsp3) is 0.130. The Bertz CT molecular complexity index is 1130. The van der Waals surface area contributed by atoms with Crippen LogP contribution in [0.4, 0.5) is 8.78 Å². The number of furan rings is 1. The minimum absolute atomic E-state index is 0.0710. The van der Waals surface area contributed by atoms with Gasteiger partial charge in [-0.3, -0.25) is 9.78 Å². The highest BCUT2D eigenvalue weighted by Gasteiger charge is 2.21. The maximum Gasteiger partial charge on any atom is 0.387 e. The fourth-order valence-electron chi connectivity index (χ4n) is 3.12. The molecule has 1 atom stereocenters. The molecule has 0 N–H and O–H groups in total. The number of hydrogen-bond acceptors (Lipinski definition) is 5. The Morgan fingerprint density at radius 3 is 2.57 bits per heavy atom. The zero-order valence-corrected chi connectivity index (χ0v) is 16.5. The predicted octanol–water partition coefficient (Wildman–Crippen LogP) is 6.54. The third-order valence-electron chi connectivity index (χ3n) is 4.51. The molecular weight excluding hydrogens is 408 g/mol. The summed E-state index contributed by atoms with van der Waals surface area (Å²) in [7, 11) is 0. The van der Waals surface area contributed by atoms with Crippen molar-refractivity contribution >= 4 is 28.4 Å². The number of fused-ring (bicyclic) bond motifs is 1. The molecule has 2 heterocycles. The number of carbonyl (C=O) groups excluding carboxylic acids is 1. The quantitative estimate of drug-likeness (QED) is 0.237. The summed E-state index contributed by atoms with van der Waals surface area (Å²) in [5.74, 6) is 0.217. The van der Waals surface area contributed by atoms with Gasteiger partial charge in [-0.15, -0.1) is 11.8 Å². The van der Waals surface area contributed by atoms with Crippen LogP contribution in [0.3, 0.4) is 0 Å². The summed E-state index contributed by atoms with van der Waals surface area (Å²) in [5, 5.41) is 0.732. The number of hydrogen-bond donors (Lipinski definition) is 0. The van der Waals surface area contributed by atoms with Crippen LogP contribution in [0, 0.1) is 0 Å². The number of para-hydroxylation sites is 1. The van der Waals surface area contributed by atoms with Crippen LogP contribution in [-0.2, 0) is 0 Å². The molecule has 0 radical (unpaired) electrons. The molecule has 30 heavy (non-hydrogen) atoms. The van der Waals surface area contributed by atoms with Crippen molar-refractivity contribution < 1.29 is 22.7 Å². The molecule has 7 heteroatoms. The highest BCUT2D eigenvalue weighted by molar-refractivity contribution is 7.99. The summed E-state index contributed by atoms with van der Waals surface area (Å²) >= 11 is 1.50. The van der Waals surface area contributed by atoms with Crippen molar-refractivity contribution in [2.24, 2.45) is 0 Å². The summed E-state index contributed by atoms with van der Waals surface area (Å²) in [6.45, 7) is -2.89. The fourth-order valence-corrected chi connectivity index (χ4v) is 4.40. The Labute approximate surface area is 175 Å². The van der Waals surface area contributed by atoms with Crippen LogP contribution in [0.1, 0.15) is 27.8 Å². The highest BCUT2D eigenvalue weighted by Crippen LogP contribution is 2.41. The number of rotatable bonds is 8. The third-order valence-corrected chi connectivity index (χ3v) is 5.82. The van der Waals surface area contributed by atoms with Crippen molar-refractivity contribution in [1.82, 2.24) is 4.98 Å². The first kappa shape index (κ1) is 20.1. The smallest absolute Gasteiger partial charge is 0.387 e. The van der Waals surface area contributed by atoms with E-state index in [0.29, 0.717) is 0 Å². The number of alkyl halides is 2. The van der Waals surface area contributed by atoms with Gasteiger partial charge in [0.05, 0.1) is 11.8 Å². The number of Topliss-reactive ketones (excluding diaryl/α,β-unsaturated/α-hetero) is 1. The van der Waals surface area contributed by atoms with Gasteiger partial charge in [-0.25, -0.2) is 0 Å². The van der Waals surface area contributed by atoms with E-state index in [-0.39, 0.29) is 29.0 Å². The molecule has 0 spiro atoms. The first-order valence-corrected chi connectivity index (χ1v) is 10.1. The first-order valence-electron chi connectivity index (χ1n) is 9.22. The number of nitrogens with zero attached hydrogens (tertiary/aromatic N) is 1. The SMILES string of the molecule is O=C(C[C@H](Sc1cccc2cccnc12)c1ccc(OC(F)F)cc1)c1ccco1. The topological polar surface area (TPSA) is 52.3 Å². The molecular formula is C23H17F2NO3S. The van der Waals surface area contributed by atoms with Gasteiger partial charge in [0.1, 0.15) is 5.75 Å². The molecule has 152 valence electrons. The Hall–Kier alpha value is -3.19. The summed E-state index contributed by atoms with van der Waals surface area (Å²) in [5.41, 5.74) is 1.66. The second-order valence-electron chi connectivity index (χ2n) is 6.49. The molecule has 0 amide bonds. The lowest BCUT2D eigenvalue weighted by Crippen LogP contribution is -2.06. The molecule has 2 aromatic carbocycles. The molecule has 0 bridgehead atoms. The molecule has 0 unspecified atom stereocenters. The first-order chi connectivity index (χ1) is 14.6. The van der Waals surface area contributed by atoms with Gasteiger partial charge in [0.2, 0.25) is 0 Å². The van der Waals surface area contributed by atoms with Gasteiger partial charge in [0.25, 0.3) is 0 Å². The molecule has 4 rings (SSSR count). The van der Waals surface area contributed by atoms with Crippen molar-refractivity contribution in [3.63, 3.8) is 0 Å². The van der Waals surface area contributed by atoms with E-state index in [9.17, 15) is 13.6 Å². The summed E-state index contributed by atoms with van der Waals surface area (Å²) in [4.78, 5) is 18.1. The maximum absolute atomic E-state index is 12.7. The lowest BCUT2D eigenvalue weighted by Gasteiger charge is -2.17. The van der Waals surface area contributed by atoms with Crippen molar-refractivity contribution in [2.45, 2.75) is 23.2 Å². The molecule has 4 aromatic rings. The van der Waals surface area contributed by atoms with Crippen LogP contribution >= 0.6 is 11.8 Å². The molecule has 0 aliphatic heterocycles. The van der Waals surface area contributed by atoms with Crippen molar-refractivity contribution in [3.05, 3.63) is 90.5 Å². The molecule has 4 nitrogen and oxygen atoms in total. The van der Waals surface area contributed by atoms with Crippen LogP contribution in [0.15, 0.2) is 88.5 Å². The van der Waals surface area contributed by atoms with Gasteiger partial charge < -0.3 is 9.15 Å². The maximum atomic E-state index is 12.7. The largest absolute Gasteiger partial charge is 0.461 e. The van der Waals surface area contributed by atoms with E-state index >= 15 is 0 Å². The van der Waals surface area contributed by atoms with E-state index in [4.69, 9.17) is 4.42 Å². The van der Waals surface area contributed by atoms with Gasteiger partial charge >= 0.3 is 6.61 Å². The molecule has 2 aromatic heterocycles. The van der Waals surface area contributed by atoms with E-state index in [1.54, 1.807) is 30.5 Å². The van der Waals surface area contributed by atoms with Crippen LogP contribution in [0.2, 0.25) is 0 Å². The average molecular weight is 425 g/mol. The van der Waals surface area contributed by atoms with E-state index in [1.165, 1.54) is 30.2 Å². The van der Waals surface area contributed by atoms with E-state index in [2.05, 4.69) is 9.72 Å². The van der Waals surface area contributed by atoms with Crippen LogP contribution in [0.25, 0.3) is 10.9 Å². The lowest BCUT2D eigenvalue weighted by atomic mass is 10.1. The molecule has 0 saturated carbocycles. The second-order valence-corrected chi connectivity index (χ2v) is 7.73. The van der Waals surface area contributed by atoms with Crippen molar-refractivity contribution in [2.75, 3.05) is 0 Å². The van der Waals surface area contributed by atoms with E-state index in [1.807, 2.05) is 30.3 Å². The minimum atomic E-state index is -2.89. The summed E-state index contributed by atoms with van der Waals surface area (Å²) < 4.78 is 34.6. The zero-order valence-electron chi connectivity index (χ0n) is 15.7. The molecule has 0 fully saturated rings. The number of thioether (sulfide) groups is 1. The Morgan fingerprint density at radius 1 is 1.03 bits per heavy atom. The number of aromatic nitrogens is 1. The number of pyridine rings is 1. The van der Waals surface area contributed by atoms with Crippen molar-refractivity contribution in [3.8, 4) is 5.75 Å². The monoisotopic (exact) mass is 425 g/mol. The van der Waals surface area contributed by atoms with Gasteiger partial charge in [0.15, 0.2) is 11.5 Å². The molecule has 0 aliphatic rings. The Kier molecular flexibility index (Phi) is 6.09. The summed E-state index contributed by atoms with van der Waals surface area (Å²) in [6.07, 6.45) is 3.36. The van der Waals surface area contributed by atoms with Gasteiger partial charge in [-0.1, -0.05) is 30.3 Å². The van der Waals surface area contributed by atoms with Crippen LogP contribution in [-0.4, -0.2) is 17.4 Å². The number of ether oxygens (including phenoxy) is 1. The summed E-state index contributed by atoms with van der Waals surface area (Å²) in [6, 6.07) is 19.4. The number of carbonyl (C=O) groups is 1. The van der Waals surface area contributed by atoms with E-state index < -0.39 is 6.61 Å². The number of ketones is 1. The lowest BCUT2D eigenvalue weighted by molar-refractivity contribution is -0.0498. The molecule has 0 saturated heterocycles. The Morgan fingerprint density at radius 2 is 1.83 bits per heavy atom. The predicted molar refractivity (Wildman–Crippen MR) is 111 cm³/mol.